The second-order valence-electron chi connectivity index (χ2n) is 7.58. The average Bonchev–Trinajstić information content (AvgIpc) is 2.51. The van der Waals surface area contributed by atoms with Gasteiger partial charge in [-0.2, -0.15) is 0 Å². The van der Waals surface area contributed by atoms with Crippen LogP contribution in [-0.4, -0.2) is 18.5 Å². The predicted octanol–water partition coefficient (Wildman–Crippen LogP) is 2.16. The molecule has 1 aliphatic rings. The molecule has 0 bridgehead atoms. The quantitative estimate of drug-likeness (QED) is 0.794. The van der Waals surface area contributed by atoms with E-state index in [-0.39, 0.29) is 11.3 Å². The molecule has 3 N–H and O–H groups in total. The SMILES string of the molecule is CC(C)(C)[C@H](N)C(=O)NCC1C(C)(C)C1(C)C. The van der Waals surface area contributed by atoms with Gasteiger partial charge in [0.25, 0.3) is 0 Å². The third-order valence-corrected chi connectivity index (χ3v) is 5.02. The van der Waals surface area contributed by atoms with Crippen molar-refractivity contribution in [2.75, 3.05) is 6.54 Å². The smallest absolute Gasteiger partial charge is 0.237 e. The summed E-state index contributed by atoms with van der Waals surface area (Å²) in [6.07, 6.45) is 0. The third kappa shape index (κ3) is 2.49. The molecular formula is C14H28N2O. The highest BCUT2D eigenvalue weighted by Gasteiger charge is 2.64. The predicted molar refractivity (Wildman–Crippen MR) is 71.5 cm³/mol. The van der Waals surface area contributed by atoms with Gasteiger partial charge >= 0.3 is 0 Å². The van der Waals surface area contributed by atoms with E-state index in [0.29, 0.717) is 16.7 Å². The van der Waals surface area contributed by atoms with Crippen molar-refractivity contribution in [3.05, 3.63) is 0 Å². The molecule has 0 aromatic rings. The van der Waals surface area contributed by atoms with E-state index in [9.17, 15) is 4.79 Å². The van der Waals surface area contributed by atoms with Crippen LogP contribution in [0.1, 0.15) is 48.5 Å². The number of nitrogens with two attached hydrogens (primary N) is 1. The largest absolute Gasteiger partial charge is 0.354 e. The first-order chi connectivity index (χ1) is 7.42. The second-order valence-corrected chi connectivity index (χ2v) is 7.58. The Bertz CT molecular complexity index is 299. The second kappa shape index (κ2) is 3.98. The van der Waals surface area contributed by atoms with Crippen molar-refractivity contribution in [1.29, 1.82) is 0 Å². The Kier molecular flexibility index (Phi) is 3.39. The van der Waals surface area contributed by atoms with Crippen LogP contribution in [0.25, 0.3) is 0 Å². The summed E-state index contributed by atoms with van der Waals surface area (Å²) in [6.45, 7) is 15.7. The van der Waals surface area contributed by atoms with Crippen LogP contribution in [-0.2, 0) is 4.79 Å². The van der Waals surface area contributed by atoms with Crippen LogP contribution in [0.4, 0.5) is 0 Å². The minimum atomic E-state index is -0.438. The van der Waals surface area contributed by atoms with E-state index in [1.807, 2.05) is 20.8 Å². The molecule has 1 amide bonds. The molecular weight excluding hydrogens is 212 g/mol. The zero-order valence-corrected chi connectivity index (χ0v) is 12.3. The lowest BCUT2D eigenvalue weighted by Crippen LogP contribution is -2.49. The van der Waals surface area contributed by atoms with Crippen LogP contribution < -0.4 is 11.1 Å². The lowest BCUT2D eigenvalue weighted by molar-refractivity contribution is -0.124. The van der Waals surface area contributed by atoms with E-state index in [2.05, 4.69) is 33.0 Å². The van der Waals surface area contributed by atoms with Gasteiger partial charge in [-0.25, -0.2) is 0 Å². The molecule has 0 saturated heterocycles. The Hall–Kier alpha value is -0.570. The van der Waals surface area contributed by atoms with Crippen molar-refractivity contribution in [1.82, 2.24) is 5.32 Å². The Morgan fingerprint density at radius 2 is 1.65 bits per heavy atom. The van der Waals surface area contributed by atoms with Crippen molar-refractivity contribution < 1.29 is 4.79 Å². The third-order valence-electron chi connectivity index (χ3n) is 5.02. The number of nitrogens with one attached hydrogen (secondary N) is 1. The topological polar surface area (TPSA) is 55.1 Å². The van der Waals surface area contributed by atoms with Gasteiger partial charge in [-0.1, -0.05) is 48.5 Å². The van der Waals surface area contributed by atoms with E-state index < -0.39 is 6.04 Å². The van der Waals surface area contributed by atoms with Crippen LogP contribution in [0, 0.1) is 22.2 Å². The maximum atomic E-state index is 11.9. The standard InChI is InChI=1S/C14H28N2O/c1-12(2,3)10(15)11(17)16-8-9-13(4,5)14(9,6)7/h9-10H,8,15H2,1-7H3,(H,16,17)/t10-/m1/s1. The van der Waals surface area contributed by atoms with Crippen LogP contribution in [0.15, 0.2) is 0 Å². The molecule has 0 heterocycles. The fourth-order valence-corrected chi connectivity index (χ4v) is 2.55. The Morgan fingerprint density at radius 3 is 1.94 bits per heavy atom. The van der Waals surface area contributed by atoms with E-state index >= 15 is 0 Å². The van der Waals surface area contributed by atoms with Gasteiger partial charge in [0, 0.05) is 6.54 Å². The van der Waals surface area contributed by atoms with Gasteiger partial charge < -0.3 is 11.1 Å². The summed E-state index contributed by atoms with van der Waals surface area (Å²) in [6, 6.07) is -0.438. The van der Waals surface area contributed by atoms with Gasteiger partial charge in [0.15, 0.2) is 0 Å². The maximum Gasteiger partial charge on any atom is 0.237 e. The van der Waals surface area contributed by atoms with E-state index in [4.69, 9.17) is 5.73 Å². The molecule has 0 spiro atoms. The van der Waals surface area contributed by atoms with E-state index in [1.54, 1.807) is 0 Å². The van der Waals surface area contributed by atoms with Gasteiger partial charge in [-0.3, -0.25) is 4.79 Å². The highest BCUT2D eigenvalue weighted by molar-refractivity contribution is 5.82. The molecule has 0 aliphatic heterocycles. The lowest BCUT2D eigenvalue weighted by atomic mass is 9.87. The fourth-order valence-electron chi connectivity index (χ4n) is 2.55. The Morgan fingerprint density at radius 1 is 1.24 bits per heavy atom. The summed E-state index contributed by atoms with van der Waals surface area (Å²) >= 11 is 0. The monoisotopic (exact) mass is 240 g/mol. The molecule has 0 unspecified atom stereocenters. The molecule has 3 nitrogen and oxygen atoms in total. The molecule has 17 heavy (non-hydrogen) atoms. The number of carbonyl (C=O) groups excluding carboxylic acids is 1. The van der Waals surface area contributed by atoms with Crippen molar-refractivity contribution in [2.24, 2.45) is 27.9 Å². The highest BCUT2D eigenvalue weighted by Crippen LogP contribution is 2.67. The molecule has 0 aromatic heterocycles. The number of hydrogen-bond acceptors (Lipinski definition) is 2. The van der Waals surface area contributed by atoms with Gasteiger partial charge in [-0.15, -0.1) is 0 Å². The number of hydrogen-bond donors (Lipinski definition) is 2. The summed E-state index contributed by atoms with van der Waals surface area (Å²) in [5.74, 6) is 0.516. The number of carbonyl (C=O) groups is 1. The Labute approximate surface area is 106 Å². The number of rotatable bonds is 3. The molecule has 1 atom stereocenters. The first-order valence-electron chi connectivity index (χ1n) is 6.45. The van der Waals surface area contributed by atoms with Gasteiger partial charge in [-0.05, 0) is 22.2 Å². The summed E-state index contributed by atoms with van der Waals surface area (Å²) in [4.78, 5) is 11.9. The summed E-state index contributed by atoms with van der Waals surface area (Å²) in [7, 11) is 0. The minimum absolute atomic E-state index is 0.0315. The normalized spacial score (nSPS) is 24.2. The maximum absolute atomic E-state index is 11.9. The van der Waals surface area contributed by atoms with E-state index in [0.717, 1.165) is 6.54 Å². The zero-order chi connectivity index (χ0) is 13.6. The Balaban J connectivity index is 2.47. The molecule has 1 rings (SSSR count). The molecule has 1 aliphatic carbocycles. The average molecular weight is 240 g/mol. The zero-order valence-electron chi connectivity index (χ0n) is 12.3. The van der Waals surface area contributed by atoms with Crippen LogP contribution in [0.2, 0.25) is 0 Å². The molecule has 1 saturated carbocycles. The van der Waals surface area contributed by atoms with Crippen LogP contribution in [0.5, 0.6) is 0 Å². The van der Waals surface area contributed by atoms with Crippen molar-refractivity contribution in [3.8, 4) is 0 Å². The molecule has 0 radical (unpaired) electrons. The lowest BCUT2D eigenvalue weighted by Gasteiger charge is -2.26. The fraction of sp³-hybridized carbons (Fsp3) is 0.929. The summed E-state index contributed by atoms with van der Waals surface area (Å²) in [5.41, 5.74) is 6.37. The van der Waals surface area contributed by atoms with Gasteiger partial charge in [0.05, 0.1) is 6.04 Å². The molecule has 1 fully saturated rings. The van der Waals surface area contributed by atoms with Crippen LogP contribution in [0.3, 0.4) is 0 Å². The summed E-state index contributed by atoms with van der Waals surface area (Å²) in [5, 5.41) is 3.00. The molecule has 3 heteroatoms. The van der Waals surface area contributed by atoms with Crippen molar-refractivity contribution in [2.45, 2.75) is 54.5 Å². The van der Waals surface area contributed by atoms with Gasteiger partial charge in [0.1, 0.15) is 0 Å². The van der Waals surface area contributed by atoms with Crippen molar-refractivity contribution in [3.63, 3.8) is 0 Å². The first kappa shape index (κ1) is 14.5. The van der Waals surface area contributed by atoms with E-state index in [1.165, 1.54) is 0 Å². The molecule has 100 valence electrons. The van der Waals surface area contributed by atoms with Crippen molar-refractivity contribution >= 4 is 5.91 Å². The first-order valence-corrected chi connectivity index (χ1v) is 6.45. The summed E-state index contributed by atoms with van der Waals surface area (Å²) < 4.78 is 0. The van der Waals surface area contributed by atoms with Gasteiger partial charge in [0.2, 0.25) is 5.91 Å². The number of amides is 1. The highest BCUT2D eigenvalue weighted by atomic mass is 16.2. The van der Waals surface area contributed by atoms with Crippen LogP contribution >= 0.6 is 0 Å². The minimum Gasteiger partial charge on any atom is -0.354 e. The molecule has 0 aromatic carbocycles.